The number of aryl methyl sites for hydroxylation is 1. The SMILES string of the molecule is C[n+]1ccc(Cc2ccccc2)cc1.[Cl-]. The quantitative estimate of drug-likeness (QED) is 0.577. The van der Waals surface area contributed by atoms with Crippen LogP contribution in [0.25, 0.3) is 0 Å². The second kappa shape index (κ2) is 5.52. The van der Waals surface area contributed by atoms with Crippen molar-refractivity contribution in [3.8, 4) is 0 Å². The normalized spacial score (nSPS) is 9.40. The lowest BCUT2D eigenvalue weighted by atomic mass is 10.1. The van der Waals surface area contributed by atoms with Gasteiger partial charge in [-0.15, -0.1) is 0 Å². The number of rotatable bonds is 2. The van der Waals surface area contributed by atoms with Crippen molar-refractivity contribution in [3.05, 3.63) is 66.0 Å². The minimum atomic E-state index is 0. The highest BCUT2D eigenvalue weighted by Crippen LogP contribution is 2.06. The van der Waals surface area contributed by atoms with Crippen molar-refractivity contribution < 1.29 is 17.0 Å². The van der Waals surface area contributed by atoms with Crippen molar-refractivity contribution in [3.63, 3.8) is 0 Å². The van der Waals surface area contributed by atoms with Crippen LogP contribution in [-0.2, 0) is 13.5 Å². The maximum Gasteiger partial charge on any atom is 0.168 e. The fourth-order valence-electron chi connectivity index (χ4n) is 1.48. The van der Waals surface area contributed by atoms with Gasteiger partial charge in [0, 0.05) is 12.1 Å². The zero-order valence-corrected chi connectivity index (χ0v) is 9.48. The van der Waals surface area contributed by atoms with E-state index in [4.69, 9.17) is 0 Å². The Morgan fingerprint density at radius 2 is 1.40 bits per heavy atom. The van der Waals surface area contributed by atoms with Crippen molar-refractivity contribution in [2.75, 3.05) is 0 Å². The minimum absolute atomic E-state index is 0. The topological polar surface area (TPSA) is 3.88 Å². The lowest BCUT2D eigenvalue weighted by Gasteiger charge is -1.99. The van der Waals surface area contributed by atoms with Gasteiger partial charge in [-0.3, -0.25) is 0 Å². The smallest absolute Gasteiger partial charge is 0.168 e. The van der Waals surface area contributed by atoms with E-state index in [1.807, 2.05) is 7.05 Å². The molecule has 0 fully saturated rings. The van der Waals surface area contributed by atoms with Crippen LogP contribution in [-0.4, -0.2) is 0 Å². The van der Waals surface area contributed by atoms with Crippen molar-refractivity contribution in [2.45, 2.75) is 6.42 Å². The van der Waals surface area contributed by atoms with Crippen LogP contribution < -0.4 is 17.0 Å². The molecule has 0 spiro atoms. The summed E-state index contributed by atoms with van der Waals surface area (Å²) in [6.45, 7) is 0. The Morgan fingerprint density at radius 1 is 0.867 bits per heavy atom. The lowest BCUT2D eigenvalue weighted by Crippen LogP contribution is -3.00. The summed E-state index contributed by atoms with van der Waals surface area (Å²) in [6, 6.07) is 14.9. The summed E-state index contributed by atoms with van der Waals surface area (Å²) in [6.07, 6.45) is 5.18. The van der Waals surface area contributed by atoms with E-state index in [9.17, 15) is 0 Å². The van der Waals surface area contributed by atoms with Gasteiger partial charge in [-0.05, 0) is 17.5 Å². The average molecular weight is 220 g/mol. The highest BCUT2D eigenvalue weighted by atomic mass is 35.5. The standard InChI is InChI=1S/C13H14N.ClH/c1-14-9-7-13(8-10-14)11-12-5-3-2-4-6-12;/h2-10H,11H2,1H3;1H/q+1;/p-1. The van der Waals surface area contributed by atoms with Crippen LogP contribution >= 0.6 is 0 Å². The van der Waals surface area contributed by atoms with E-state index in [-0.39, 0.29) is 12.4 Å². The third-order valence-electron chi connectivity index (χ3n) is 2.30. The Bertz CT molecular complexity index is 395. The molecule has 0 radical (unpaired) electrons. The molecule has 1 aromatic carbocycles. The first-order valence-corrected chi connectivity index (χ1v) is 4.83. The Labute approximate surface area is 96.8 Å². The van der Waals surface area contributed by atoms with Gasteiger partial charge in [0.05, 0.1) is 0 Å². The summed E-state index contributed by atoms with van der Waals surface area (Å²) in [5, 5.41) is 0. The zero-order valence-electron chi connectivity index (χ0n) is 8.73. The number of aromatic nitrogens is 1. The molecule has 1 nitrogen and oxygen atoms in total. The van der Waals surface area contributed by atoms with Gasteiger partial charge in [0.15, 0.2) is 12.4 Å². The van der Waals surface area contributed by atoms with E-state index in [0.717, 1.165) is 6.42 Å². The van der Waals surface area contributed by atoms with Crippen LogP contribution in [0.4, 0.5) is 0 Å². The molecule has 15 heavy (non-hydrogen) atoms. The van der Waals surface area contributed by atoms with Gasteiger partial charge in [0.25, 0.3) is 0 Å². The van der Waals surface area contributed by atoms with E-state index in [1.165, 1.54) is 11.1 Å². The van der Waals surface area contributed by atoms with Gasteiger partial charge in [-0.1, -0.05) is 30.3 Å². The van der Waals surface area contributed by atoms with Crippen LogP contribution in [0.5, 0.6) is 0 Å². The molecule has 2 heteroatoms. The molecule has 0 bridgehead atoms. The first kappa shape index (κ1) is 11.7. The molecule has 2 aromatic rings. The summed E-state index contributed by atoms with van der Waals surface area (Å²) < 4.78 is 2.05. The fourth-order valence-corrected chi connectivity index (χ4v) is 1.48. The molecule has 0 N–H and O–H groups in total. The highest BCUT2D eigenvalue weighted by Gasteiger charge is 1.97. The van der Waals surface area contributed by atoms with E-state index >= 15 is 0 Å². The maximum absolute atomic E-state index is 2.16. The Balaban J connectivity index is 0.00000112. The summed E-state index contributed by atoms with van der Waals surface area (Å²) in [5.41, 5.74) is 2.72. The molecule has 0 aliphatic carbocycles. The Morgan fingerprint density at radius 3 is 2.00 bits per heavy atom. The summed E-state index contributed by atoms with van der Waals surface area (Å²) >= 11 is 0. The molecule has 0 atom stereocenters. The Hall–Kier alpha value is -1.34. The first-order valence-electron chi connectivity index (χ1n) is 4.83. The van der Waals surface area contributed by atoms with E-state index in [0.29, 0.717) is 0 Å². The average Bonchev–Trinajstić information content (AvgIpc) is 2.23. The molecule has 2 rings (SSSR count). The monoisotopic (exact) mass is 219 g/mol. The van der Waals surface area contributed by atoms with Crippen LogP contribution in [0.15, 0.2) is 54.9 Å². The molecule has 0 amide bonds. The summed E-state index contributed by atoms with van der Waals surface area (Å²) in [5.74, 6) is 0. The highest BCUT2D eigenvalue weighted by molar-refractivity contribution is 5.23. The molecule has 0 aliphatic heterocycles. The summed E-state index contributed by atoms with van der Waals surface area (Å²) in [4.78, 5) is 0. The van der Waals surface area contributed by atoms with Crippen LogP contribution in [0, 0.1) is 0 Å². The molecule has 0 saturated heterocycles. The van der Waals surface area contributed by atoms with Gasteiger partial charge < -0.3 is 12.4 Å². The third-order valence-corrected chi connectivity index (χ3v) is 2.30. The lowest BCUT2D eigenvalue weighted by molar-refractivity contribution is -0.671. The van der Waals surface area contributed by atoms with Gasteiger partial charge in [0.2, 0.25) is 0 Å². The summed E-state index contributed by atoms with van der Waals surface area (Å²) in [7, 11) is 2.03. The number of pyridine rings is 1. The van der Waals surface area contributed by atoms with Crippen LogP contribution in [0.3, 0.4) is 0 Å². The van der Waals surface area contributed by atoms with Gasteiger partial charge in [-0.25, -0.2) is 4.57 Å². The number of halogens is 1. The van der Waals surface area contributed by atoms with E-state index in [2.05, 4.69) is 59.4 Å². The number of hydrogen-bond donors (Lipinski definition) is 0. The predicted octanol–water partition coefficient (Wildman–Crippen LogP) is -0.894. The maximum atomic E-state index is 2.16. The zero-order chi connectivity index (χ0) is 9.80. The molecular weight excluding hydrogens is 206 g/mol. The fraction of sp³-hybridized carbons (Fsp3) is 0.154. The molecule has 0 aliphatic rings. The molecule has 1 heterocycles. The van der Waals surface area contributed by atoms with Crippen molar-refractivity contribution in [2.24, 2.45) is 7.05 Å². The van der Waals surface area contributed by atoms with Crippen LogP contribution in [0.1, 0.15) is 11.1 Å². The van der Waals surface area contributed by atoms with E-state index in [1.54, 1.807) is 0 Å². The molecular formula is C13H14ClN. The molecule has 0 unspecified atom stereocenters. The third kappa shape index (κ3) is 3.37. The van der Waals surface area contributed by atoms with Crippen molar-refractivity contribution in [1.29, 1.82) is 0 Å². The second-order valence-electron chi connectivity index (χ2n) is 3.53. The van der Waals surface area contributed by atoms with Gasteiger partial charge >= 0.3 is 0 Å². The first-order chi connectivity index (χ1) is 6.84. The van der Waals surface area contributed by atoms with E-state index < -0.39 is 0 Å². The second-order valence-corrected chi connectivity index (χ2v) is 3.53. The predicted molar refractivity (Wildman–Crippen MR) is 56.9 cm³/mol. The van der Waals surface area contributed by atoms with Gasteiger partial charge in [0.1, 0.15) is 7.05 Å². The van der Waals surface area contributed by atoms with Gasteiger partial charge in [-0.2, -0.15) is 0 Å². The number of benzene rings is 1. The minimum Gasteiger partial charge on any atom is -1.00 e. The van der Waals surface area contributed by atoms with Crippen molar-refractivity contribution >= 4 is 0 Å². The number of nitrogens with zero attached hydrogens (tertiary/aromatic N) is 1. The molecule has 78 valence electrons. The number of hydrogen-bond acceptors (Lipinski definition) is 0. The molecule has 0 saturated carbocycles. The van der Waals surface area contributed by atoms with Crippen LogP contribution in [0.2, 0.25) is 0 Å². The van der Waals surface area contributed by atoms with Crippen molar-refractivity contribution in [1.82, 2.24) is 0 Å². The molecule has 1 aromatic heterocycles. The Kier molecular flexibility index (Phi) is 4.32. The largest absolute Gasteiger partial charge is 1.00 e.